The molecule has 0 spiro atoms. The van der Waals surface area contributed by atoms with E-state index in [4.69, 9.17) is 4.43 Å². The van der Waals surface area contributed by atoms with E-state index < -0.39 is 36.1 Å². The second-order valence-corrected chi connectivity index (χ2v) is 19.7. The first-order valence-electron chi connectivity index (χ1n) is 16.4. The normalized spacial score (nSPS) is 14.0. The van der Waals surface area contributed by atoms with Gasteiger partial charge in [0.05, 0.1) is 17.0 Å². The Morgan fingerprint density at radius 2 is 1.04 bits per heavy atom. The Labute approximate surface area is 287 Å². The summed E-state index contributed by atoms with van der Waals surface area (Å²) in [6.45, 7) is 14.0. The molecule has 0 amide bonds. The minimum Gasteiger partial charge on any atom is -0.403 e. The van der Waals surface area contributed by atoms with Crippen LogP contribution in [0, 0.1) is 20.8 Å². The fraction of sp³-hybridized carbons (Fsp3) is 0.268. The van der Waals surface area contributed by atoms with Crippen LogP contribution in [0.2, 0.25) is 5.04 Å². The second-order valence-electron chi connectivity index (χ2n) is 13.8. The molecule has 250 valence electrons. The van der Waals surface area contributed by atoms with Gasteiger partial charge in [0.15, 0.2) is 0 Å². The lowest BCUT2D eigenvalue weighted by molar-refractivity contribution is -0.00162. The van der Waals surface area contributed by atoms with Crippen molar-refractivity contribution in [3.05, 3.63) is 161 Å². The van der Waals surface area contributed by atoms with Crippen LogP contribution in [0.15, 0.2) is 138 Å². The highest BCUT2D eigenvalue weighted by Crippen LogP contribution is 2.41. The lowest BCUT2D eigenvalue weighted by Gasteiger charge is -2.48. The molecule has 5 aromatic rings. The maximum Gasteiger partial charge on any atom is 0.261 e. The summed E-state index contributed by atoms with van der Waals surface area (Å²) in [7, 11) is -7.36. The van der Waals surface area contributed by atoms with Gasteiger partial charge in [0, 0.05) is 0 Å². The third-order valence-corrected chi connectivity index (χ3v) is 16.2. The van der Waals surface area contributed by atoms with E-state index >= 15 is 0 Å². The maximum absolute atomic E-state index is 14.6. The Hall–Kier alpha value is -3.85. The molecule has 5 nitrogen and oxygen atoms in total. The highest BCUT2D eigenvalue weighted by molar-refractivity contribution is 7.89. The number of hydrogen-bond acceptors (Lipinski definition) is 4. The number of hydrogen-bond donors (Lipinski definition) is 2. The first-order chi connectivity index (χ1) is 22.7. The summed E-state index contributed by atoms with van der Waals surface area (Å²) in [5, 5.41) is 15.0. The third kappa shape index (κ3) is 6.71. The van der Waals surface area contributed by atoms with Crippen molar-refractivity contribution in [1.29, 1.82) is 0 Å². The van der Waals surface area contributed by atoms with Gasteiger partial charge in [-0.15, -0.1) is 0 Å². The molecule has 0 heterocycles. The molecular formula is C41H47NO4SSi. The van der Waals surface area contributed by atoms with Crippen LogP contribution in [0.25, 0.3) is 0 Å². The summed E-state index contributed by atoms with van der Waals surface area (Å²) in [5.41, 5.74) is 1.56. The Kier molecular flexibility index (Phi) is 10.3. The molecular weight excluding hydrogens is 631 g/mol. The van der Waals surface area contributed by atoms with E-state index in [2.05, 4.69) is 49.8 Å². The highest BCUT2D eigenvalue weighted by Gasteiger charge is 2.54. The predicted molar refractivity (Wildman–Crippen MR) is 199 cm³/mol. The molecule has 2 atom stereocenters. The van der Waals surface area contributed by atoms with Gasteiger partial charge in [-0.05, 0) is 65.4 Å². The summed E-state index contributed by atoms with van der Waals surface area (Å²) < 4.78 is 39.9. The van der Waals surface area contributed by atoms with Crippen LogP contribution in [0.4, 0.5) is 0 Å². The smallest absolute Gasteiger partial charge is 0.261 e. The van der Waals surface area contributed by atoms with E-state index in [0.29, 0.717) is 22.3 Å². The molecule has 0 aromatic heterocycles. The largest absolute Gasteiger partial charge is 0.403 e. The molecule has 5 aromatic carbocycles. The molecule has 0 fully saturated rings. The quantitative estimate of drug-likeness (QED) is 0.146. The van der Waals surface area contributed by atoms with E-state index in [9.17, 15) is 13.5 Å². The maximum atomic E-state index is 14.6. The fourth-order valence-corrected chi connectivity index (χ4v) is 13.8. The number of rotatable bonds is 11. The van der Waals surface area contributed by atoms with Gasteiger partial charge in [0.1, 0.15) is 5.60 Å². The number of sulfonamides is 1. The van der Waals surface area contributed by atoms with Gasteiger partial charge in [-0.25, -0.2) is 13.1 Å². The van der Waals surface area contributed by atoms with Crippen molar-refractivity contribution in [3.8, 4) is 0 Å². The summed E-state index contributed by atoms with van der Waals surface area (Å²) in [5.74, 6) is 0. The molecule has 0 aliphatic rings. The Morgan fingerprint density at radius 3 is 1.42 bits per heavy atom. The summed E-state index contributed by atoms with van der Waals surface area (Å²) >= 11 is 0. The van der Waals surface area contributed by atoms with Crippen molar-refractivity contribution in [2.45, 2.75) is 76.1 Å². The monoisotopic (exact) mass is 677 g/mol. The molecule has 0 bridgehead atoms. The lowest BCUT2D eigenvalue weighted by Crippen LogP contribution is -2.70. The summed E-state index contributed by atoms with van der Waals surface area (Å²) in [4.78, 5) is 0.208. The lowest BCUT2D eigenvalue weighted by atomic mass is 9.78. The van der Waals surface area contributed by atoms with Crippen LogP contribution >= 0.6 is 0 Å². The Bertz CT molecular complexity index is 1830. The molecule has 2 unspecified atom stereocenters. The topological polar surface area (TPSA) is 75.6 Å². The molecule has 0 aliphatic heterocycles. The molecule has 0 radical (unpaired) electrons. The molecule has 0 saturated heterocycles. The average Bonchev–Trinajstić information content (AvgIpc) is 3.06. The van der Waals surface area contributed by atoms with Crippen LogP contribution in [0.3, 0.4) is 0 Å². The minimum absolute atomic E-state index is 0.208. The van der Waals surface area contributed by atoms with Gasteiger partial charge in [-0.1, -0.05) is 160 Å². The molecule has 0 saturated carbocycles. The second kappa shape index (κ2) is 13.9. The van der Waals surface area contributed by atoms with Crippen molar-refractivity contribution in [1.82, 2.24) is 4.72 Å². The molecule has 2 N–H and O–H groups in total. The van der Waals surface area contributed by atoms with Gasteiger partial charge < -0.3 is 9.53 Å². The fourth-order valence-electron chi connectivity index (χ4n) is 7.29. The van der Waals surface area contributed by atoms with E-state index in [0.717, 1.165) is 15.9 Å². The molecule has 0 aliphatic carbocycles. The van der Waals surface area contributed by atoms with E-state index in [1.54, 1.807) is 0 Å². The Balaban J connectivity index is 1.78. The average molecular weight is 678 g/mol. The SMILES string of the molecule is Cc1cc(C)c(S(=O)(=O)NC(C(C)O[Si](c2ccccc2)(c2ccccc2)C(C)(C)C)C(O)(c2ccccc2)c2ccccc2)c(C)c1. The van der Waals surface area contributed by atoms with Crippen LogP contribution in [0.1, 0.15) is 55.5 Å². The number of benzene rings is 5. The summed E-state index contributed by atoms with van der Waals surface area (Å²) in [6.07, 6.45) is -0.817. The van der Waals surface area contributed by atoms with Crippen LogP contribution < -0.4 is 15.1 Å². The van der Waals surface area contributed by atoms with Gasteiger partial charge in [-0.3, -0.25) is 0 Å². The predicted octanol–water partition coefficient (Wildman–Crippen LogP) is 7.16. The first kappa shape index (κ1) is 35.5. The minimum atomic E-state index is -4.18. The third-order valence-electron chi connectivity index (χ3n) is 9.28. The standard InChI is InChI=1S/C41H47NO4SSi/c1-30-28-31(2)38(32(3)29-30)47(44,45)42-39(41(43,34-20-12-8-13-21-34)35-22-14-9-15-23-35)33(4)46-48(40(5,6)7,36-24-16-10-17-25-36)37-26-18-11-19-27-37/h8-29,33,39,42-43H,1-7H3. The van der Waals surface area contributed by atoms with Crippen molar-refractivity contribution in [3.63, 3.8) is 0 Å². The molecule has 48 heavy (non-hydrogen) atoms. The number of nitrogens with one attached hydrogen (secondary N) is 1. The van der Waals surface area contributed by atoms with Crippen molar-refractivity contribution >= 4 is 28.7 Å². The number of aliphatic hydroxyl groups is 1. The first-order valence-corrected chi connectivity index (χ1v) is 19.8. The van der Waals surface area contributed by atoms with Gasteiger partial charge in [0.25, 0.3) is 8.32 Å². The van der Waals surface area contributed by atoms with Crippen LogP contribution in [0.5, 0.6) is 0 Å². The molecule has 7 heteroatoms. The Morgan fingerprint density at radius 1 is 0.667 bits per heavy atom. The zero-order valence-corrected chi connectivity index (χ0v) is 30.8. The van der Waals surface area contributed by atoms with E-state index in [1.165, 1.54) is 0 Å². The van der Waals surface area contributed by atoms with Gasteiger partial charge in [-0.2, -0.15) is 0 Å². The highest BCUT2D eigenvalue weighted by atomic mass is 32.2. The van der Waals surface area contributed by atoms with E-state index in [-0.39, 0.29) is 9.93 Å². The van der Waals surface area contributed by atoms with Crippen molar-refractivity contribution in [2.24, 2.45) is 0 Å². The zero-order chi connectivity index (χ0) is 34.7. The van der Waals surface area contributed by atoms with Crippen LogP contribution in [-0.2, 0) is 20.1 Å². The van der Waals surface area contributed by atoms with Crippen LogP contribution in [-0.4, -0.2) is 34.0 Å². The summed E-state index contributed by atoms with van der Waals surface area (Å²) in [6, 6.07) is 41.7. The van der Waals surface area contributed by atoms with Crippen molar-refractivity contribution in [2.75, 3.05) is 0 Å². The molecule has 5 rings (SSSR count). The van der Waals surface area contributed by atoms with Gasteiger partial charge >= 0.3 is 0 Å². The number of aryl methyl sites for hydroxylation is 3. The zero-order valence-electron chi connectivity index (χ0n) is 28.9. The van der Waals surface area contributed by atoms with E-state index in [1.807, 2.05) is 137 Å². The van der Waals surface area contributed by atoms with Crippen molar-refractivity contribution < 1.29 is 18.0 Å². The van der Waals surface area contributed by atoms with Gasteiger partial charge in [0.2, 0.25) is 10.0 Å².